The third-order valence-corrected chi connectivity index (χ3v) is 4.22. The lowest BCUT2D eigenvalue weighted by Crippen LogP contribution is -2.30. The van der Waals surface area contributed by atoms with Gasteiger partial charge < -0.3 is 9.80 Å². The van der Waals surface area contributed by atoms with E-state index in [1.165, 1.54) is 11.3 Å². The highest BCUT2D eigenvalue weighted by Gasteiger charge is 2.21. The molecule has 1 aromatic heterocycles. The van der Waals surface area contributed by atoms with Gasteiger partial charge in [0.2, 0.25) is 0 Å². The summed E-state index contributed by atoms with van der Waals surface area (Å²) >= 11 is 0. The Kier molecular flexibility index (Phi) is 4.09. The second-order valence-corrected chi connectivity index (χ2v) is 5.44. The van der Waals surface area contributed by atoms with E-state index in [1.807, 2.05) is 31.0 Å². The third kappa shape index (κ3) is 2.56. The van der Waals surface area contributed by atoms with Crippen molar-refractivity contribution in [2.24, 2.45) is 0 Å². The van der Waals surface area contributed by atoms with E-state index < -0.39 is 0 Å². The first-order valence-corrected chi connectivity index (χ1v) is 7.84. The van der Waals surface area contributed by atoms with Gasteiger partial charge in [-0.15, -0.1) is 0 Å². The predicted molar refractivity (Wildman–Crippen MR) is 88.6 cm³/mol. The van der Waals surface area contributed by atoms with Crippen molar-refractivity contribution in [2.45, 2.75) is 20.3 Å². The largest absolute Gasteiger partial charge is 0.340 e. The maximum atomic E-state index is 12.5. The number of pyridine rings is 1. The fraction of sp³-hybridized carbons (Fsp3) is 0.333. The van der Waals surface area contributed by atoms with Crippen LogP contribution in [-0.2, 0) is 6.42 Å². The first kappa shape index (κ1) is 14.6. The highest BCUT2D eigenvalue weighted by Crippen LogP contribution is 2.34. The maximum absolute atomic E-state index is 12.5. The van der Waals surface area contributed by atoms with Crippen molar-refractivity contribution in [2.75, 3.05) is 24.5 Å². The quantitative estimate of drug-likeness (QED) is 0.868. The van der Waals surface area contributed by atoms with Crippen LogP contribution in [-0.4, -0.2) is 35.4 Å². The molecule has 0 fully saturated rings. The summed E-state index contributed by atoms with van der Waals surface area (Å²) < 4.78 is 0. The van der Waals surface area contributed by atoms with Gasteiger partial charge in [-0.3, -0.25) is 9.78 Å². The number of aromatic nitrogens is 1. The number of rotatable bonds is 4. The highest BCUT2D eigenvalue weighted by atomic mass is 16.2. The minimum absolute atomic E-state index is 0.0480. The third-order valence-electron chi connectivity index (χ3n) is 4.22. The van der Waals surface area contributed by atoms with E-state index in [9.17, 15) is 4.79 Å². The van der Waals surface area contributed by atoms with Crippen LogP contribution in [0.2, 0.25) is 0 Å². The highest BCUT2D eigenvalue weighted by molar-refractivity contribution is 5.95. The first-order valence-electron chi connectivity index (χ1n) is 7.84. The summed E-state index contributed by atoms with van der Waals surface area (Å²) in [7, 11) is 0. The van der Waals surface area contributed by atoms with E-state index in [0.717, 1.165) is 18.7 Å². The summed E-state index contributed by atoms with van der Waals surface area (Å²) in [6, 6.07) is 10.4. The molecule has 0 saturated carbocycles. The van der Waals surface area contributed by atoms with Crippen LogP contribution in [0.15, 0.2) is 42.7 Å². The Morgan fingerprint density at radius 3 is 2.77 bits per heavy atom. The molecule has 0 N–H and O–H groups in total. The number of fused-ring (bicyclic) bond motifs is 1. The normalized spacial score (nSPS) is 13.1. The zero-order valence-corrected chi connectivity index (χ0v) is 13.1. The van der Waals surface area contributed by atoms with Gasteiger partial charge in [0.25, 0.3) is 5.91 Å². The lowest BCUT2D eigenvalue weighted by atomic mass is 10.2. The van der Waals surface area contributed by atoms with E-state index in [-0.39, 0.29) is 5.91 Å². The second-order valence-electron chi connectivity index (χ2n) is 5.44. The molecular formula is C18H21N3O. The van der Waals surface area contributed by atoms with E-state index in [1.54, 1.807) is 6.20 Å². The van der Waals surface area contributed by atoms with Crippen LogP contribution in [0.25, 0.3) is 0 Å². The first-order chi connectivity index (χ1) is 10.7. The van der Waals surface area contributed by atoms with E-state index in [0.29, 0.717) is 18.7 Å². The molecule has 1 aromatic carbocycles. The molecule has 0 saturated heterocycles. The smallest absolute Gasteiger partial charge is 0.255 e. The summed E-state index contributed by atoms with van der Waals surface area (Å²) in [5, 5.41) is 0. The second kappa shape index (κ2) is 6.18. The summed E-state index contributed by atoms with van der Waals surface area (Å²) in [4.78, 5) is 20.8. The molecule has 4 nitrogen and oxygen atoms in total. The molecule has 2 heterocycles. The Bertz CT molecular complexity index is 680. The lowest BCUT2D eigenvalue weighted by Gasteiger charge is -2.22. The molecule has 0 unspecified atom stereocenters. The Balaban J connectivity index is 1.91. The van der Waals surface area contributed by atoms with Crippen molar-refractivity contribution >= 4 is 17.3 Å². The maximum Gasteiger partial charge on any atom is 0.255 e. The van der Waals surface area contributed by atoms with Crippen molar-refractivity contribution in [3.63, 3.8) is 0 Å². The van der Waals surface area contributed by atoms with Crippen LogP contribution in [0.5, 0.6) is 0 Å². The van der Waals surface area contributed by atoms with Gasteiger partial charge in [-0.05, 0) is 38.0 Å². The van der Waals surface area contributed by atoms with Gasteiger partial charge in [0.05, 0.1) is 17.4 Å². The fourth-order valence-electron chi connectivity index (χ4n) is 2.99. The summed E-state index contributed by atoms with van der Waals surface area (Å²) in [6.07, 6.45) is 4.53. The predicted octanol–water partition coefficient (Wildman–Crippen LogP) is 3.26. The van der Waals surface area contributed by atoms with Crippen LogP contribution in [0, 0.1) is 0 Å². The fourth-order valence-corrected chi connectivity index (χ4v) is 2.99. The van der Waals surface area contributed by atoms with Crippen LogP contribution < -0.4 is 4.90 Å². The molecule has 3 rings (SSSR count). The van der Waals surface area contributed by atoms with Gasteiger partial charge >= 0.3 is 0 Å². The average molecular weight is 295 g/mol. The van der Waals surface area contributed by atoms with E-state index in [2.05, 4.69) is 34.1 Å². The number of para-hydroxylation sites is 1. The van der Waals surface area contributed by atoms with Crippen LogP contribution in [0.3, 0.4) is 0 Å². The minimum Gasteiger partial charge on any atom is -0.340 e. The van der Waals surface area contributed by atoms with Gasteiger partial charge in [-0.25, -0.2) is 0 Å². The van der Waals surface area contributed by atoms with Crippen molar-refractivity contribution < 1.29 is 4.79 Å². The van der Waals surface area contributed by atoms with Crippen molar-refractivity contribution in [1.82, 2.24) is 9.88 Å². The van der Waals surface area contributed by atoms with Gasteiger partial charge in [0, 0.05) is 31.5 Å². The SMILES string of the molecule is CCN(CC)C(=O)c1cncc(N2CCc3ccccc32)c1. The molecule has 0 spiro atoms. The Morgan fingerprint density at radius 2 is 2.00 bits per heavy atom. The topological polar surface area (TPSA) is 36.4 Å². The Labute approximate surface area is 131 Å². The number of amides is 1. The summed E-state index contributed by atoms with van der Waals surface area (Å²) in [6.45, 7) is 6.35. The van der Waals surface area contributed by atoms with Crippen molar-refractivity contribution in [1.29, 1.82) is 0 Å². The summed E-state index contributed by atoms with van der Waals surface area (Å²) in [5.74, 6) is 0.0480. The number of hydrogen-bond donors (Lipinski definition) is 0. The average Bonchev–Trinajstić information content (AvgIpc) is 3.00. The molecule has 22 heavy (non-hydrogen) atoms. The lowest BCUT2D eigenvalue weighted by molar-refractivity contribution is 0.0772. The Morgan fingerprint density at radius 1 is 1.23 bits per heavy atom. The van der Waals surface area contributed by atoms with Gasteiger partial charge in [-0.2, -0.15) is 0 Å². The van der Waals surface area contributed by atoms with E-state index in [4.69, 9.17) is 0 Å². The molecule has 114 valence electrons. The van der Waals surface area contributed by atoms with Crippen LogP contribution >= 0.6 is 0 Å². The van der Waals surface area contributed by atoms with E-state index >= 15 is 0 Å². The number of hydrogen-bond acceptors (Lipinski definition) is 3. The molecule has 0 radical (unpaired) electrons. The number of benzene rings is 1. The summed E-state index contributed by atoms with van der Waals surface area (Å²) in [5.41, 5.74) is 4.22. The molecule has 0 aliphatic carbocycles. The molecule has 2 aromatic rings. The van der Waals surface area contributed by atoms with Gasteiger partial charge in [0.1, 0.15) is 0 Å². The minimum atomic E-state index is 0.0480. The molecule has 4 heteroatoms. The van der Waals surface area contributed by atoms with Crippen molar-refractivity contribution in [3.8, 4) is 0 Å². The number of nitrogens with zero attached hydrogens (tertiary/aromatic N) is 3. The van der Waals surface area contributed by atoms with Gasteiger partial charge in [-0.1, -0.05) is 18.2 Å². The zero-order chi connectivity index (χ0) is 15.5. The Hall–Kier alpha value is -2.36. The molecule has 1 amide bonds. The molecule has 1 aliphatic rings. The monoisotopic (exact) mass is 295 g/mol. The van der Waals surface area contributed by atoms with Gasteiger partial charge in [0.15, 0.2) is 0 Å². The van der Waals surface area contributed by atoms with Crippen LogP contribution in [0.1, 0.15) is 29.8 Å². The molecule has 1 aliphatic heterocycles. The number of carbonyl (C=O) groups is 1. The number of carbonyl (C=O) groups excluding carboxylic acids is 1. The molecule has 0 bridgehead atoms. The number of anilines is 2. The van der Waals surface area contributed by atoms with Crippen molar-refractivity contribution in [3.05, 3.63) is 53.9 Å². The van der Waals surface area contributed by atoms with Crippen LogP contribution in [0.4, 0.5) is 11.4 Å². The standard InChI is InChI=1S/C18H21N3O/c1-3-20(4-2)18(22)15-11-16(13-19-12-15)21-10-9-14-7-5-6-8-17(14)21/h5-8,11-13H,3-4,9-10H2,1-2H3. The molecule has 0 atom stereocenters. The zero-order valence-electron chi connectivity index (χ0n) is 13.1. The molecular weight excluding hydrogens is 274 g/mol.